The van der Waals surface area contributed by atoms with Gasteiger partial charge >= 0.3 is 0 Å². The number of rotatable bonds is 7. The summed E-state index contributed by atoms with van der Waals surface area (Å²) in [6, 6.07) is 14.4. The summed E-state index contributed by atoms with van der Waals surface area (Å²) in [7, 11) is 1.66. The van der Waals surface area contributed by atoms with Crippen LogP contribution in [0.4, 0.5) is 0 Å². The molecule has 1 saturated heterocycles. The number of nitrogens with one attached hydrogen (secondary N) is 1. The molecule has 7 nitrogen and oxygen atoms in total. The smallest absolute Gasteiger partial charge is 0.251 e. The second kappa shape index (κ2) is 9.70. The lowest BCUT2D eigenvalue weighted by molar-refractivity contribution is 0.0976. The molecule has 4 aromatic rings. The van der Waals surface area contributed by atoms with Crippen molar-refractivity contribution in [1.29, 1.82) is 0 Å². The Morgan fingerprint density at radius 3 is 2.74 bits per heavy atom. The first-order valence-electron chi connectivity index (χ1n) is 12.0. The van der Waals surface area contributed by atoms with Gasteiger partial charge in [0.05, 0.1) is 12.1 Å². The lowest BCUT2D eigenvalue weighted by atomic mass is 9.88. The van der Waals surface area contributed by atoms with Crippen molar-refractivity contribution in [1.82, 2.24) is 19.7 Å². The second-order valence-electron chi connectivity index (χ2n) is 9.43. The molecule has 1 unspecified atom stereocenters. The molecule has 0 spiro atoms. The highest BCUT2D eigenvalue weighted by molar-refractivity contribution is 5.82. The van der Waals surface area contributed by atoms with E-state index in [9.17, 15) is 9.90 Å². The fourth-order valence-electron chi connectivity index (χ4n) is 5.38. The molecule has 0 aliphatic carbocycles. The van der Waals surface area contributed by atoms with Crippen molar-refractivity contribution in [3.63, 3.8) is 0 Å². The molecular formula is C27H32N4O3. The van der Waals surface area contributed by atoms with E-state index < -0.39 is 0 Å². The molecule has 7 heteroatoms. The number of ether oxygens (including phenoxy) is 1. The number of benzene rings is 2. The number of H-pyrrole nitrogens is 1. The quantitative estimate of drug-likeness (QED) is 0.441. The third kappa shape index (κ3) is 4.51. The molecule has 1 fully saturated rings. The van der Waals surface area contributed by atoms with E-state index in [1.165, 1.54) is 5.56 Å². The molecule has 3 heterocycles. The van der Waals surface area contributed by atoms with Gasteiger partial charge in [0.1, 0.15) is 6.73 Å². The van der Waals surface area contributed by atoms with Crippen LogP contribution in [0.1, 0.15) is 35.4 Å². The SMILES string of the molecule is COCn1cc2cc(CC(CO)N3CCC(c4cc5ccccc5[nH]c4=O)CC3)cc(C)c2n1. The number of para-hydroxylation sites is 1. The van der Waals surface area contributed by atoms with Crippen LogP contribution in [0, 0.1) is 6.92 Å². The number of methoxy groups -OCH3 is 1. The monoisotopic (exact) mass is 460 g/mol. The first-order valence-corrected chi connectivity index (χ1v) is 12.0. The van der Waals surface area contributed by atoms with Gasteiger partial charge in [0.15, 0.2) is 0 Å². The number of nitrogens with zero attached hydrogens (tertiary/aromatic N) is 3. The topological polar surface area (TPSA) is 83.4 Å². The van der Waals surface area contributed by atoms with Crippen molar-refractivity contribution in [2.75, 3.05) is 26.8 Å². The number of likely N-dealkylation sites (tertiary alicyclic amines) is 1. The largest absolute Gasteiger partial charge is 0.395 e. The summed E-state index contributed by atoms with van der Waals surface area (Å²) in [5.74, 6) is 0.245. The number of fused-ring (bicyclic) bond motifs is 2. The summed E-state index contributed by atoms with van der Waals surface area (Å²) in [6.07, 6.45) is 4.62. The van der Waals surface area contributed by atoms with Gasteiger partial charge in [-0.25, -0.2) is 4.68 Å². The third-order valence-corrected chi connectivity index (χ3v) is 7.12. The van der Waals surface area contributed by atoms with Crippen LogP contribution in [0.3, 0.4) is 0 Å². The van der Waals surface area contributed by atoms with Crippen LogP contribution in [-0.2, 0) is 17.9 Å². The van der Waals surface area contributed by atoms with E-state index >= 15 is 0 Å². The van der Waals surface area contributed by atoms with Gasteiger partial charge in [-0.3, -0.25) is 9.69 Å². The molecule has 0 saturated carbocycles. The number of hydrogen-bond donors (Lipinski definition) is 2. The summed E-state index contributed by atoms with van der Waals surface area (Å²) in [6.45, 7) is 4.36. The number of aliphatic hydroxyl groups excluding tert-OH is 1. The minimum atomic E-state index is 0.0219. The zero-order chi connectivity index (χ0) is 23.7. The Balaban J connectivity index is 1.28. The molecule has 2 aromatic heterocycles. The molecule has 1 atom stereocenters. The van der Waals surface area contributed by atoms with Crippen LogP contribution in [0.25, 0.3) is 21.8 Å². The Morgan fingerprint density at radius 2 is 1.97 bits per heavy atom. The predicted octanol–water partition coefficient (Wildman–Crippen LogP) is 3.57. The van der Waals surface area contributed by atoms with Gasteiger partial charge in [-0.2, -0.15) is 5.10 Å². The lowest BCUT2D eigenvalue weighted by Crippen LogP contribution is -2.44. The van der Waals surface area contributed by atoms with E-state index in [-0.39, 0.29) is 24.1 Å². The number of aliphatic hydroxyl groups is 1. The Kier molecular flexibility index (Phi) is 6.50. The molecule has 0 amide bonds. The normalized spacial score (nSPS) is 16.4. The first-order chi connectivity index (χ1) is 16.6. The zero-order valence-electron chi connectivity index (χ0n) is 19.8. The van der Waals surface area contributed by atoms with Crippen LogP contribution >= 0.6 is 0 Å². The van der Waals surface area contributed by atoms with E-state index in [0.717, 1.165) is 65.3 Å². The standard InChI is InChI=1S/C27H32N4O3/c1-18-11-19(12-22-15-31(17-34-2)29-26(18)22)13-23(16-32)30-9-7-20(8-10-30)24-14-21-5-3-4-6-25(21)28-27(24)33/h3-6,11-12,14-15,20,23,32H,7-10,13,16-17H2,1-2H3,(H,28,33). The minimum absolute atomic E-state index is 0.0219. The number of aromatic amines is 1. The maximum atomic E-state index is 12.7. The van der Waals surface area contributed by atoms with Crippen molar-refractivity contribution in [3.05, 3.63) is 75.7 Å². The molecule has 1 aliphatic heterocycles. The molecule has 0 bridgehead atoms. The fourth-order valence-corrected chi connectivity index (χ4v) is 5.38. The van der Waals surface area contributed by atoms with E-state index in [1.54, 1.807) is 7.11 Å². The van der Waals surface area contributed by atoms with Crippen molar-refractivity contribution >= 4 is 21.8 Å². The summed E-state index contributed by atoms with van der Waals surface area (Å²) in [5, 5.41) is 17.0. The van der Waals surface area contributed by atoms with Crippen LogP contribution in [0.5, 0.6) is 0 Å². The van der Waals surface area contributed by atoms with Crippen LogP contribution in [0.15, 0.2) is 53.5 Å². The highest BCUT2D eigenvalue weighted by atomic mass is 16.5. The zero-order valence-corrected chi connectivity index (χ0v) is 19.8. The highest BCUT2D eigenvalue weighted by Crippen LogP contribution is 2.29. The van der Waals surface area contributed by atoms with Crippen molar-refractivity contribution in [3.8, 4) is 0 Å². The van der Waals surface area contributed by atoms with Gasteiger partial charge in [0.2, 0.25) is 0 Å². The average molecular weight is 461 g/mol. The van der Waals surface area contributed by atoms with Gasteiger partial charge in [0, 0.05) is 35.8 Å². The van der Waals surface area contributed by atoms with Gasteiger partial charge in [-0.05, 0) is 79.9 Å². The molecule has 2 N–H and O–H groups in total. The third-order valence-electron chi connectivity index (χ3n) is 7.12. The van der Waals surface area contributed by atoms with Crippen molar-refractivity contribution in [2.24, 2.45) is 0 Å². The number of hydrogen-bond acceptors (Lipinski definition) is 5. The average Bonchev–Trinajstić information content (AvgIpc) is 3.26. The number of piperidine rings is 1. The van der Waals surface area contributed by atoms with E-state index in [2.05, 4.69) is 40.1 Å². The van der Waals surface area contributed by atoms with E-state index in [0.29, 0.717) is 6.73 Å². The van der Waals surface area contributed by atoms with E-state index in [4.69, 9.17) is 4.74 Å². The Labute approximate surface area is 199 Å². The van der Waals surface area contributed by atoms with E-state index in [1.807, 2.05) is 35.1 Å². The van der Waals surface area contributed by atoms with Crippen LogP contribution in [0.2, 0.25) is 0 Å². The molecule has 0 radical (unpaired) electrons. The fraction of sp³-hybridized carbons (Fsp3) is 0.407. The molecule has 1 aliphatic rings. The van der Waals surface area contributed by atoms with Gasteiger partial charge < -0.3 is 14.8 Å². The van der Waals surface area contributed by atoms with Crippen LogP contribution in [-0.4, -0.2) is 57.6 Å². The molecule has 34 heavy (non-hydrogen) atoms. The van der Waals surface area contributed by atoms with Gasteiger partial charge in [0.25, 0.3) is 5.56 Å². The Hall–Kier alpha value is -3.00. The Morgan fingerprint density at radius 1 is 1.18 bits per heavy atom. The molecule has 5 rings (SSSR count). The second-order valence-corrected chi connectivity index (χ2v) is 9.43. The summed E-state index contributed by atoms with van der Waals surface area (Å²) in [5.41, 5.74) is 5.11. The number of aryl methyl sites for hydroxylation is 1. The van der Waals surface area contributed by atoms with Gasteiger partial charge in [-0.1, -0.05) is 24.3 Å². The number of aromatic nitrogens is 3. The van der Waals surface area contributed by atoms with Crippen molar-refractivity contribution < 1.29 is 9.84 Å². The number of pyridine rings is 1. The lowest BCUT2D eigenvalue weighted by Gasteiger charge is -2.37. The van der Waals surface area contributed by atoms with Crippen molar-refractivity contribution in [2.45, 2.75) is 44.9 Å². The molecule has 2 aromatic carbocycles. The maximum Gasteiger partial charge on any atom is 0.251 e. The summed E-state index contributed by atoms with van der Waals surface area (Å²) >= 11 is 0. The summed E-state index contributed by atoms with van der Waals surface area (Å²) < 4.78 is 7.01. The maximum absolute atomic E-state index is 12.7. The molecule has 178 valence electrons. The Bertz CT molecular complexity index is 1350. The first kappa shape index (κ1) is 22.8. The molecular weight excluding hydrogens is 428 g/mol. The highest BCUT2D eigenvalue weighted by Gasteiger charge is 2.27. The summed E-state index contributed by atoms with van der Waals surface area (Å²) in [4.78, 5) is 18.1. The van der Waals surface area contributed by atoms with Gasteiger partial charge in [-0.15, -0.1) is 0 Å². The minimum Gasteiger partial charge on any atom is -0.395 e. The predicted molar refractivity (Wildman–Crippen MR) is 134 cm³/mol. The van der Waals surface area contributed by atoms with Crippen LogP contribution < -0.4 is 5.56 Å².